The van der Waals surface area contributed by atoms with E-state index in [0.29, 0.717) is 22.4 Å². The molecular weight excluding hydrogens is 332 g/mol. The highest BCUT2D eigenvalue weighted by molar-refractivity contribution is 7.94. The minimum Gasteiger partial charge on any atom is -0.489 e. The molecule has 3 rings (SSSR count). The number of rotatable bonds is 3. The van der Waals surface area contributed by atoms with Crippen LogP contribution < -0.4 is 14.4 Å². The van der Waals surface area contributed by atoms with Crippen LogP contribution in [0.4, 0.5) is 11.4 Å². The molecule has 2 heterocycles. The van der Waals surface area contributed by atoms with E-state index in [1.807, 2.05) is 13.1 Å². The van der Waals surface area contributed by atoms with Crippen molar-refractivity contribution in [3.63, 3.8) is 0 Å². The number of halogens is 1. The minimum atomic E-state index is -3.62. The van der Waals surface area contributed by atoms with E-state index in [1.165, 1.54) is 6.07 Å². The summed E-state index contributed by atoms with van der Waals surface area (Å²) in [4.78, 5) is 2.07. The zero-order chi connectivity index (χ0) is 15.0. The van der Waals surface area contributed by atoms with Crippen molar-refractivity contribution in [2.24, 2.45) is 0 Å². The van der Waals surface area contributed by atoms with Gasteiger partial charge in [-0.15, -0.1) is 11.3 Å². The van der Waals surface area contributed by atoms with Gasteiger partial charge in [-0.3, -0.25) is 4.72 Å². The molecule has 2 aromatic rings. The Bertz CT molecular complexity index is 773. The smallest absolute Gasteiger partial charge is 0.271 e. The second kappa shape index (κ2) is 5.40. The van der Waals surface area contributed by atoms with Crippen molar-refractivity contribution in [2.45, 2.75) is 4.21 Å². The summed E-state index contributed by atoms with van der Waals surface area (Å²) in [5.74, 6) is 0.674. The Labute approximate surface area is 132 Å². The molecule has 0 radical (unpaired) electrons. The van der Waals surface area contributed by atoms with Gasteiger partial charge in [-0.05, 0) is 24.3 Å². The van der Waals surface area contributed by atoms with Crippen LogP contribution in [-0.4, -0.2) is 28.6 Å². The van der Waals surface area contributed by atoms with E-state index in [2.05, 4.69) is 9.62 Å². The van der Waals surface area contributed by atoms with E-state index in [-0.39, 0.29) is 4.21 Å². The second-order valence-electron chi connectivity index (χ2n) is 4.62. The number of ether oxygens (including phenoxy) is 1. The molecule has 0 aliphatic carbocycles. The minimum absolute atomic E-state index is 0.184. The van der Waals surface area contributed by atoms with Gasteiger partial charge in [-0.2, -0.15) is 0 Å². The van der Waals surface area contributed by atoms with E-state index in [9.17, 15) is 8.42 Å². The quantitative estimate of drug-likeness (QED) is 0.929. The van der Waals surface area contributed by atoms with Crippen molar-refractivity contribution in [1.29, 1.82) is 0 Å². The summed E-state index contributed by atoms with van der Waals surface area (Å²) in [7, 11) is -1.65. The molecule has 0 spiro atoms. The van der Waals surface area contributed by atoms with E-state index in [1.54, 1.807) is 18.2 Å². The molecule has 0 amide bonds. The molecule has 0 bridgehead atoms. The van der Waals surface area contributed by atoms with Gasteiger partial charge in [0.25, 0.3) is 10.0 Å². The zero-order valence-electron chi connectivity index (χ0n) is 11.2. The van der Waals surface area contributed by atoms with E-state index < -0.39 is 10.0 Å². The first-order valence-corrected chi connectivity index (χ1v) is 8.90. The maximum Gasteiger partial charge on any atom is 0.271 e. The highest BCUT2D eigenvalue weighted by atomic mass is 35.5. The molecule has 5 nitrogen and oxygen atoms in total. The van der Waals surface area contributed by atoms with Gasteiger partial charge in [-0.25, -0.2) is 8.42 Å². The highest BCUT2D eigenvalue weighted by Crippen LogP contribution is 2.34. The third-order valence-corrected chi connectivity index (χ3v) is 6.23. The normalized spacial score (nSPS) is 14.5. The predicted molar refractivity (Wildman–Crippen MR) is 85.3 cm³/mol. The molecule has 1 aromatic carbocycles. The lowest BCUT2D eigenvalue weighted by atomic mass is 10.2. The second-order valence-corrected chi connectivity index (χ2v) is 8.24. The molecule has 0 unspecified atom stereocenters. The monoisotopic (exact) mass is 344 g/mol. The fourth-order valence-electron chi connectivity index (χ4n) is 2.07. The molecule has 112 valence electrons. The fourth-order valence-corrected chi connectivity index (χ4v) is 4.60. The number of nitrogens with one attached hydrogen (secondary N) is 1. The number of likely N-dealkylation sites (N-methyl/N-ethyl adjacent to an activating group) is 1. The highest BCUT2D eigenvalue weighted by Gasteiger charge is 2.19. The molecular formula is C13H13ClN2O3S2. The van der Waals surface area contributed by atoms with Crippen LogP contribution in [0.5, 0.6) is 5.75 Å². The van der Waals surface area contributed by atoms with Gasteiger partial charge in [0.2, 0.25) is 0 Å². The van der Waals surface area contributed by atoms with Gasteiger partial charge < -0.3 is 9.64 Å². The summed E-state index contributed by atoms with van der Waals surface area (Å²) >= 11 is 6.80. The number of nitrogens with zero attached hydrogens (tertiary/aromatic N) is 1. The number of hydrogen-bond donors (Lipinski definition) is 1. The number of thiophene rings is 1. The molecule has 1 aliphatic heterocycles. The maximum atomic E-state index is 12.2. The van der Waals surface area contributed by atoms with Crippen LogP contribution in [0.2, 0.25) is 4.34 Å². The number of sulfonamides is 1. The average molecular weight is 345 g/mol. The van der Waals surface area contributed by atoms with E-state index >= 15 is 0 Å². The van der Waals surface area contributed by atoms with Crippen molar-refractivity contribution in [3.8, 4) is 5.75 Å². The topological polar surface area (TPSA) is 58.6 Å². The van der Waals surface area contributed by atoms with E-state index in [4.69, 9.17) is 16.3 Å². The van der Waals surface area contributed by atoms with Crippen molar-refractivity contribution in [2.75, 3.05) is 29.8 Å². The molecule has 1 aliphatic rings. The van der Waals surface area contributed by atoms with Crippen molar-refractivity contribution in [3.05, 3.63) is 34.7 Å². The Morgan fingerprint density at radius 2 is 2.14 bits per heavy atom. The molecule has 1 N–H and O–H groups in total. The Balaban J connectivity index is 1.88. The summed E-state index contributed by atoms with van der Waals surface area (Å²) < 4.78 is 33.2. The average Bonchev–Trinajstić information content (AvgIpc) is 2.86. The van der Waals surface area contributed by atoms with Crippen LogP contribution in [0.25, 0.3) is 0 Å². The van der Waals surface area contributed by atoms with Crippen LogP contribution in [0, 0.1) is 0 Å². The zero-order valence-corrected chi connectivity index (χ0v) is 13.6. The van der Waals surface area contributed by atoms with Gasteiger partial charge in [0.05, 0.1) is 22.3 Å². The van der Waals surface area contributed by atoms with Crippen LogP contribution in [-0.2, 0) is 10.0 Å². The predicted octanol–water partition coefficient (Wildman–Crippen LogP) is 3.03. The standard InChI is InChI=1S/C13H13ClN2O3S2/c1-16-6-7-19-11-8-9(2-3-10(11)16)15-21(17,18)13-5-4-12(14)20-13/h2-5,8,15H,6-7H2,1H3. The van der Waals surface area contributed by atoms with E-state index in [0.717, 1.165) is 23.6 Å². The Kier molecular flexibility index (Phi) is 3.73. The fraction of sp³-hybridized carbons (Fsp3) is 0.231. The Morgan fingerprint density at radius 1 is 1.33 bits per heavy atom. The SMILES string of the molecule is CN1CCOc2cc(NS(=O)(=O)c3ccc(Cl)s3)ccc21. The van der Waals surface area contributed by atoms with Gasteiger partial charge in [0.1, 0.15) is 16.6 Å². The lowest BCUT2D eigenvalue weighted by molar-refractivity contribution is 0.311. The Hall–Kier alpha value is -1.44. The van der Waals surface area contributed by atoms with Gasteiger partial charge in [-0.1, -0.05) is 11.6 Å². The van der Waals surface area contributed by atoms with Crippen molar-refractivity contribution in [1.82, 2.24) is 0 Å². The van der Waals surface area contributed by atoms with Gasteiger partial charge >= 0.3 is 0 Å². The lowest BCUT2D eigenvalue weighted by Gasteiger charge is -2.27. The third kappa shape index (κ3) is 2.95. The first-order chi connectivity index (χ1) is 9.95. The molecule has 0 atom stereocenters. The molecule has 1 aromatic heterocycles. The van der Waals surface area contributed by atoms with Crippen LogP contribution in [0.15, 0.2) is 34.5 Å². The molecule has 0 saturated carbocycles. The number of benzene rings is 1. The summed E-state index contributed by atoms with van der Waals surface area (Å²) in [6.45, 7) is 1.39. The molecule has 8 heteroatoms. The first kappa shape index (κ1) is 14.5. The number of hydrogen-bond acceptors (Lipinski definition) is 5. The number of fused-ring (bicyclic) bond motifs is 1. The first-order valence-electron chi connectivity index (χ1n) is 6.22. The summed E-state index contributed by atoms with van der Waals surface area (Å²) in [5.41, 5.74) is 1.41. The molecule has 0 fully saturated rings. The van der Waals surface area contributed by atoms with Gasteiger partial charge in [0, 0.05) is 13.1 Å². The molecule has 21 heavy (non-hydrogen) atoms. The van der Waals surface area contributed by atoms with Gasteiger partial charge in [0.15, 0.2) is 0 Å². The third-order valence-electron chi connectivity index (χ3n) is 3.12. The van der Waals surface area contributed by atoms with Crippen LogP contribution in [0.1, 0.15) is 0 Å². The molecule has 0 saturated heterocycles. The summed E-state index contributed by atoms with van der Waals surface area (Å²) in [6.07, 6.45) is 0. The van der Waals surface area contributed by atoms with Crippen molar-refractivity contribution >= 4 is 44.3 Å². The van der Waals surface area contributed by atoms with Crippen LogP contribution in [0.3, 0.4) is 0 Å². The lowest BCUT2D eigenvalue weighted by Crippen LogP contribution is -2.28. The Morgan fingerprint density at radius 3 is 2.86 bits per heavy atom. The van der Waals surface area contributed by atoms with Crippen molar-refractivity contribution < 1.29 is 13.2 Å². The number of anilines is 2. The summed E-state index contributed by atoms with van der Waals surface area (Å²) in [6, 6.07) is 8.30. The summed E-state index contributed by atoms with van der Waals surface area (Å²) in [5, 5.41) is 0. The maximum absolute atomic E-state index is 12.2. The van der Waals surface area contributed by atoms with Crippen LogP contribution >= 0.6 is 22.9 Å². The largest absolute Gasteiger partial charge is 0.489 e.